The highest BCUT2D eigenvalue weighted by atomic mass is 16.5. The predicted octanol–water partition coefficient (Wildman–Crippen LogP) is 3.57. The minimum atomic E-state index is -0.399. The van der Waals surface area contributed by atoms with Gasteiger partial charge in [-0.1, -0.05) is 18.2 Å². The van der Waals surface area contributed by atoms with Gasteiger partial charge < -0.3 is 20.5 Å². The zero-order valence-corrected chi connectivity index (χ0v) is 18.0. The first-order chi connectivity index (χ1) is 15.4. The van der Waals surface area contributed by atoms with Gasteiger partial charge in [-0.3, -0.25) is 9.89 Å². The normalized spacial score (nSPS) is 14.9. The van der Waals surface area contributed by atoms with Gasteiger partial charge in [-0.25, -0.2) is 0 Å². The highest BCUT2D eigenvalue weighted by molar-refractivity contribution is 5.92. The van der Waals surface area contributed by atoms with Gasteiger partial charge in [0, 0.05) is 16.9 Å². The quantitative estimate of drug-likeness (QED) is 0.569. The lowest BCUT2D eigenvalue weighted by Crippen LogP contribution is -2.21. The van der Waals surface area contributed by atoms with E-state index >= 15 is 0 Å². The van der Waals surface area contributed by atoms with Crippen LogP contribution >= 0.6 is 0 Å². The first-order valence-corrected chi connectivity index (χ1v) is 10.1. The number of H-pyrrole nitrogens is 1. The molecular formula is C24H23N5O3. The SMILES string of the molecule is Cc1cc(C)cc(NC(=O)COc2ccc(C3C(C#N)=C(N)Oc4n[nH]c(C)c43)cc2)c1. The summed E-state index contributed by atoms with van der Waals surface area (Å²) in [6, 6.07) is 15.2. The van der Waals surface area contributed by atoms with Crippen molar-refractivity contribution in [1.29, 1.82) is 5.26 Å². The highest BCUT2D eigenvalue weighted by Crippen LogP contribution is 2.42. The van der Waals surface area contributed by atoms with Gasteiger partial charge in [-0.05, 0) is 61.7 Å². The molecule has 3 aromatic rings. The number of nitrogens with two attached hydrogens (primary N) is 1. The van der Waals surface area contributed by atoms with E-state index in [1.807, 2.05) is 51.1 Å². The van der Waals surface area contributed by atoms with Crippen LogP contribution in [0.3, 0.4) is 0 Å². The molecule has 1 aliphatic heterocycles. The Morgan fingerprint density at radius 2 is 1.91 bits per heavy atom. The fourth-order valence-corrected chi connectivity index (χ4v) is 3.88. The summed E-state index contributed by atoms with van der Waals surface area (Å²) in [4.78, 5) is 12.3. The number of fused-ring (bicyclic) bond motifs is 1. The van der Waals surface area contributed by atoms with Gasteiger partial charge in [-0.15, -0.1) is 5.10 Å². The van der Waals surface area contributed by atoms with Crippen molar-refractivity contribution in [3.8, 4) is 17.7 Å². The second-order valence-corrected chi connectivity index (χ2v) is 7.77. The molecule has 1 atom stereocenters. The van der Waals surface area contributed by atoms with Crippen LogP contribution < -0.4 is 20.5 Å². The van der Waals surface area contributed by atoms with Crippen LogP contribution in [-0.2, 0) is 4.79 Å². The van der Waals surface area contributed by atoms with E-state index in [0.29, 0.717) is 17.2 Å². The Hall–Kier alpha value is -4.25. The number of aromatic amines is 1. The lowest BCUT2D eigenvalue weighted by molar-refractivity contribution is -0.118. The van der Waals surface area contributed by atoms with Crippen molar-refractivity contribution in [3.05, 3.63) is 81.9 Å². The molecule has 8 nitrogen and oxygen atoms in total. The van der Waals surface area contributed by atoms with Crippen LogP contribution in [0.25, 0.3) is 0 Å². The Morgan fingerprint density at radius 1 is 1.22 bits per heavy atom. The second kappa shape index (κ2) is 8.47. The maximum Gasteiger partial charge on any atom is 0.262 e. The molecule has 32 heavy (non-hydrogen) atoms. The molecule has 0 saturated carbocycles. The molecule has 1 unspecified atom stereocenters. The number of hydrogen-bond donors (Lipinski definition) is 3. The molecule has 0 aliphatic carbocycles. The molecule has 1 amide bonds. The Kier molecular flexibility index (Phi) is 5.56. The van der Waals surface area contributed by atoms with E-state index in [1.165, 1.54) is 0 Å². The number of nitrogens with zero attached hydrogens (tertiary/aromatic N) is 2. The van der Waals surface area contributed by atoms with E-state index in [9.17, 15) is 10.1 Å². The van der Waals surface area contributed by atoms with E-state index in [0.717, 1.165) is 33.6 Å². The number of anilines is 1. The molecule has 162 valence electrons. The predicted molar refractivity (Wildman–Crippen MR) is 119 cm³/mol. The molecule has 0 radical (unpaired) electrons. The lowest BCUT2D eigenvalue weighted by Gasteiger charge is -2.23. The first-order valence-electron chi connectivity index (χ1n) is 10.1. The zero-order chi connectivity index (χ0) is 22.8. The fraction of sp³-hybridized carbons (Fsp3) is 0.208. The van der Waals surface area contributed by atoms with Gasteiger partial charge in [0.25, 0.3) is 5.91 Å². The maximum atomic E-state index is 12.3. The van der Waals surface area contributed by atoms with Crippen LogP contribution in [0, 0.1) is 32.1 Å². The van der Waals surface area contributed by atoms with Crippen molar-refractivity contribution in [2.75, 3.05) is 11.9 Å². The number of hydrogen-bond acceptors (Lipinski definition) is 6. The van der Waals surface area contributed by atoms with Gasteiger partial charge in [0.2, 0.25) is 11.8 Å². The van der Waals surface area contributed by atoms with Crippen molar-refractivity contribution in [2.24, 2.45) is 5.73 Å². The van der Waals surface area contributed by atoms with Crippen molar-refractivity contribution in [2.45, 2.75) is 26.7 Å². The Labute approximate surface area is 185 Å². The average molecular weight is 429 g/mol. The Balaban J connectivity index is 1.47. The fourth-order valence-electron chi connectivity index (χ4n) is 3.88. The van der Waals surface area contributed by atoms with Crippen molar-refractivity contribution in [3.63, 3.8) is 0 Å². The molecule has 2 aromatic carbocycles. The molecule has 0 fully saturated rings. The molecule has 8 heteroatoms. The first kappa shape index (κ1) is 21.0. The van der Waals surface area contributed by atoms with Crippen LogP contribution in [0.15, 0.2) is 53.9 Å². The Morgan fingerprint density at radius 3 is 2.56 bits per heavy atom. The number of carbonyl (C=O) groups excluding carboxylic acids is 1. The number of benzene rings is 2. The molecule has 0 saturated heterocycles. The number of rotatable bonds is 5. The number of carbonyl (C=O) groups is 1. The number of aryl methyl sites for hydroxylation is 3. The number of amides is 1. The summed E-state index contributed by atoms with van der Waals surface area (Å²) in [5.74, 6) is 0.303. The standard InChI is InChI=1S/C24H23N5O3/c1-13-8-14(2)10-17(9-13)27-20(30)12-31-18-6-4-16(5-7-18)22-19(11-25)23(26)32-24-21(22)15(3)28-29-24/h4-10,22H,12,26H2,1-3H3,(H,27,30)(H,28,29). The number of aromatic nitrogens is 2. The zero-order valence-electron chi connectivity index (χ0n) is 18.0. The van der Waals surface area contributed by atoms with Crippen molar-refractivity contribution < 1.29 is 14.3 Å². The Bertz CT molecular complexity index is 1230. The smallest absolute Gasteiger partial charge is 0.262 e. The summed E-state index contributed by atoms with van der Waals surface area (Å²) in [5, 5.41) is 19.5. The third-order valence-electron chi connectivity index (χ3n) is 5.22. The summed E-state index contributed by atoms with van der Waals surface area (Å²) in [6.07, 6.45) is 0. The van der Waals surface area contributed by atoms with Crippen LogP contribution in [-0.4, -0.2) is 22.7 Å². The van der Waals surface area contributed by atoms with E-state index < -0.39 is 5.92 Å². The second-order valence-electron chi connectivity index (χ2n) is 7.77. The van der Waals surface area contributed by atoms with Gasteiger partial charge in [0.05, 0.1) is 5.92 Å². The van der Waals surface area contributed by atoms with Crippen molar-refractivity contribution in [1.82, 2.24) is 10.2 Å². The minimum Gasteiger partial charge on any atom is -0.484 e. The number of allylic oxidation sites excluding steroid dienone is 1. The molecule has 4 rings (SSSR count). The lowest BCUT2D eigenvalue weighted by atomic mass is 9.84. The number of ether oxygens (including phenoxy) is 2. The summed E-state index contributed by atoms with van der Waals surface area (Å²) in [5.41, 5.74) is 11.6. The third-order valence-corrected chi connectivity index (χ3v) is 5.22. The summed E-state index contributed by atoms with van der Waals surface area (Å²) in [6.45, 7) is 5.71. The summed E-state index contributed by atoms with van der Waals surface area (Å²) >= 11 is 0. The number of nitriles is 1. The van der Waals surface area contributed by atoms with Crippen LogP contribution in [0.5, 0.6) is 11.6 Å². The topological polar surface area (TPSA) is 126 Å². The van der Waals surface area contributed by atoms with Crippen LogP contribution in [0.4, 0.5) is 5.69 Å². The van der Waals surface area contributed by atoms with Gasteiger partial charge in [0.15, 0.2) is 6.61 Å². The molecule has 0 spiro atoms. The average Bonchev–Trinajstić information content (AvgIpc) is 3.11. The molecule has 1 aromatic heterocycles. The molecule has 1 aliphatic rings. The molecular weight excluding hydrogens is 406 g/mol. The van der Waals surface area contributed by atoms with E-state index in [1.54, 1.807) is 12.1 Å². The highest BCUT2D eigenvalue weighted by Gasteiger charge is 2.34. The molecule has 4 N–H and O–H groups in total. The number of nitrogens with one attached hydrogen (secondary N) is 2. The van der Waals surface area contributed by atoms with Crippen molar-refractivity contribution >= 4 is 11.6 Å². The van der Waals surface area contributed by atoms with Crippen LogP contribution in [0.1, 0.15) is 33.9 Å². The van der Waals surface area contributed by atoms with Crippen LogP contribution in [0.2, 0.25) is 0 Å². The van der Waals surface area contributed by atoms with E-state index in [4.69, 9.17) is 15.2 Å². The monoisotopic (exact) mass is 429 g/mol. The van der Waals surface area contributed by atoms with Gasteiger partial charge in [-0.2, -0.15) is 5.26 Å². The van der Waals surface area contributed by atoms with E-state index in [2.05, 4.69) is 21.6 Å². The summed E-state index contributed by atoms with van der Waals surface area (Å²) in [7, 11) is 0. The maximum absolute atomic E-state index is 12.3. The summed E-state index contributed by atoms with van der Waals surface area (Å²) < 4.78 is 11.1. The largest absolute Gasteiger partial charge is 0.484 e. The third kappa shape index (κ3) is 4.14. The van der Waals surface area contributed by atoms with Gasteiger partial charge in [0.1, 0.15) is 17.4 Å². The molecule has 0 bridgehead atoms. The van der Waals surface area contributed by atoms with Gasteiger partial charge >= 0.3 is 0 Å². The van der Waals surface area contributed by atoms with E-state index in [-0.39, 0.29) is 18.4 Å². The molecule has 2 heterocycles. The minimum absolute atomic E-state index is 0.0416.